The van der Waals surface area contributed by atoms with Crippen LogP contribution in [0.2, 0.25) is 0 Å². The molecule has 0 radical (unpaired) electrons. The first-order chi connectivity index (χ1) is 9.14. The van der Waals surface area contributed by atoms with Crippen molar-refractivity contribution >= 4 is 0 Å². The van der Waals surface area contributed by atoms with Crippen LogP contribution in [-0.4, -0.2) is 6.04 Å². The zero-order chi connectivity index (χ0) is 13.3. The van der Waals surface area contributed by atoms with Crippen LogP contribution >= 0.6 is 0 Å². The summed E-state index contributed by atoms with van der Waals surface area (Å²) in [5, 5.41) is 3.97. The van der Waals surface area contributed by atoms with E-state index < -0.39 is 0 Å². The second kappa shape index (κ2) is 5.28. The van der Waals surface area contributed by atoms with Gasteiger partial charge in [0.1, 0.15) is 0 Å². The Morgan fingerprint density at radius 3 is 2.21 bits per heavy atom. The quantitative estimate of drug-likeness (QED) is 0.824. The van der Waals surface area contributed by atoms with Gasteiger partial charge in [-0.25, -0.2) is 0 Å². The van der Waals surface area contributed by atoms with E-state index in [1.165, 1.54) is 44.1 Å². The highest BCUT2D eigenvalue weighted by atomic mass is 15.0. The third kappa shape index (κ3) is 3.39. The summed E-state index contributed by atoms with van der Waals surface area (Å²) in [4.78, 5) is 0. The maximum Gasteiger partial charge on any atom is 0.0351 e. The first-order valence-electron chi connectivity index (χ1n) is 7.95. The zero-order valence-electron chi connectivity index (χ0n) is 12.4. The monoisotopic (exact) mass is 257 g/mol. The van der Waals surface area contributed by atoms with Crippen LogP contribution in [-0.2, 0) is 0 Å². The van der Waals surface area contributed by atoms with Gasteiger partial charge in [0.2, 0.25) is 0 Å². The fourth-order valence-electron chi connectivity index (χ4n) is 3.41. The highest BCUT2D eigenvalue weighted by Crippen LogP contribution is 2.43. The van der Waals surface area contributed by atoms with Crippen molar-refractivity contribution in [2.45, 2.75) is 64.5 Å². The molecule has 2 aliphatic rings. The molecular weight excluding hydrogens is 230 g/mol. The van der Waals surface area contributed by atoms with Gasteiger partial charge in [-0.15, -0.1) is 0 Å². The first kappa shape index (κ1) is 13.2. The molecule has 1 nitrogen and oxygen atoms in total. The lowest BCUT2D eigenvalue weighted by atomic mass is 9.75. The Bertz CT molecular complexity index is 395. The third-order valence-electron chi connectivity index (χ3n) is 5.01. The molecular formula is C18H27N. The minimum Gasteiger partial charge on any atom is -0.307 e. The topological polar surface area (TPSA) is 12.0 Å². The average molecular weight is 257 g/mol. The van der Waals surface area contributed by atoms with Crippen molar-refractivity contribution in [2.24, 2.45) is 11.3 Å². The van der Waals surface area contributed by atoms with E-state index in [0.717, 1.165) is 12.0 Å². The van der Waals surface area contributed by atoms with E-state index in [0.29, 0.717) is 11.5 Å². The van der Waals surface area contributed by atoms with Crippen LogP contribution in [0, 0.1) is 11.3 Å². The number of hydrogen-bond donors (Lipinski definition) is 1. The summed E-state index contributed by atoms with van der Waals surface area (Å²) in [7, 11) is 0. The van der Waals surface area contributed by atoms with E-state index in [4.69, 9.17) is 0 Å². The minimum absolute atomic E-state index is 0.569. The fraction of sp³-hybridized carbons (Fsp3) is 0.667. The number of nitrogens with one attached hydrogen (secondary N) is 1. The smallest absolute Gasteiger partial charge is 0.0351 e. The molecule has 0 spiro atoms. The van der Waals surface area contributed by atoms with Gasteiger partial charge in [0.15, 0.2) is 0 Å². The predicted octanol–water partition coefficient (Wildman–Crippen LogP) is 4.70. The van der Waals surface area contributed by atoms with E-state index in [-0.39, 0.29) is 0 Å². The van der Waals surface area contributed by atoms with E-state index >= 15 is 0 Å². The Labute approximate surface area is 117 Å². The van der Waals surface area contributed by atoms with E-state index in [1.54, 1.807) is 0 Å². The second-order valence-electron chi connectivity index (χ2n) is 7.33. The highest BCUT2D eigenvalue weighted by molar-refractivity contribution is 5.21. The Morgan fingerprint density at radius 2 is 1.63 bits per heavy atom. The lowest BCUT2D eigenvalue weighted by Crippen LogP contribution is -2.38. The molecule has 0 aromatic heterocycles. The van der Waals surface area contributed by atoms with Crippen LogP contribution in [0.3, 0.4) is 0 Å². The maximum atomic E-state index is 3.97. The minimum atomic E-state index is 0.569. The van der Waals surface area contributed by atoms with Crippen LogP contribution in [0.4, 0.5) is 0 Å². The molecule has 0 bridgehead atoms. The molecule has 0 heterocycles. The van der Waals surface area contributed by atoms with Crippen molar-refractivity contribution in [2.75, 3.05) is 0 Å². The summed E-state index contributed by atoms with van der Waals surface area (Å²) in [6.07, 6.45) is 8.26. The Balaban J connectivity index is 1.63. The van der Waals surface area contributed by atoms with E-state index in [2.05, 4.69) is 49.5 Å². The van der Waals surface area contributed by atoms with Gasteiger partial charge in [-0.05, 0) is 55.4 Å². The van der Waals surface area contributed by atoms with E-state index in [1.807, 2.05) is 0 Å². The largest absolute Gasteiger partial charge is 0.307 e. The fourth-order valence-corrected chi connectivity index (χ4v) is 3.41. The molecule has 1 heteroatoms. The normalized spacial score (nSPS) is 25.2. The Hall–Kier alpha value is -0.820. The van der Waals surface area contributed by atoms with Crippen molar-refractivity contribution in [3.8, 4) is 0 Å². The predicted molar refractivity (Wildman–Crippen MR) is 81.1 cm³/mol. The first-order valence-corrected chi connectivity index (χ1v) is 7.95. The molecule has 2 aliphatic carbocycles. The van der Waals surface area contributed by atoms with Crippen molar-refractivity contribution in [3.05, 3.63) is 35.9 Å². The maximum absolute atomic E-state index is 3.97. The molecule has 1 atom stereocenters. The van der Waals surface area contributed by atoms with Crippen molar-refractivity contribution in [1.82, 2.24) is 5.32 Å². The molecule has 0 saturated heterocycles. The van der Waals surface area contributed by atoms with Gasteiger partial charge in [-0.1, -0.05) is 44.2 Å². The average Bonchev–Trinajstić information content (AvgIpc) is 3.23. The molecule has 0 aliphatic heterocycles. The van der Waals surface area contributed by atoms with Crippen molar-refractivity contribution < 1.29 is 0 Å². The Kier molecular flexibility index (Phi) is 3.66. The van der Waals surface area contributed by atoms with Gasteiger partial charge in [0.25, 0.3) is 0 Å². The lowest BCUT2D eigenvalue weighted by Gasteiger charge is -2.36. The molecule has 104 valence electrons. The summed E-state index contributed by atoms with van der Waals surface area (Å²) in [6.45, 7) is 4.83. The molecule has 1 aromatic carbocycles. The van der Waals surface area contributed by atoms with Gasteiger partial charge in [0.05, 0.1) is 0 Å². The number of hydrogen-bond acceptors (Lipinski definition) is 1. The SMILES string of the molecule is CC1(C)CCC(NC(c2ccccc2)C2CC2)CC1. The standard InChI is InChI=1S/C18H27N/c1-18(2)12-10-16(11-13-18)19-17(15-8-9-15)14-6-4-3-5-7-14/h3-7,15-17,19H,8-13H2,1-2H3. The van der Waals surface area contributed by atoms with Crippen molar-refractivity contribution in [3.63, 3.8) is 0 Å². The molecule has 2 fully saturated rings. The summed E-state index contributed by atoms with van der Waals surface area (Å²) >= 11 is 0. The van der Waals surface area contributed by atoms with Crippen LogP contribution in [0.15, 0.2) is 30.3 Å². The number of benzene rings is 1. The summed E-state index contributed by atoms with van der Waals surface area (Å²) < 4.78 is 0. The van der Waals surface area contributed by atoms with Crippen molar-refractivity contribution in [1.29, 1.82) is 0 Å². The van der Waals surface area contributed by atoms with E-state index in [9.17, 15) is 0 Å². The summed E-state index contributed by atoms with van der Waals surface area (Å²) in [5.74, 6) is 0.886. The molecule has 19 heavy (non-hydrogen) atoms. The molecule has 1 unspecified atom stereocenters. The van der Waals surface area contributed by atoms with Gasteiger partial charge in [0, 0.05) is 12.1 Å². The summed E-state index contributed by atoms with van der Waals surface area (Å²) in [6, 6.07) is 12.4. The third-order valence-corrected chi connectivity index (χ3v) is 5.01. The second-order valence-corrected chi connectivity index (χ2v) is 7.33. The van der Waals surface area contributed by atoms with Gasteiger partial charge < -0.3 is 5.32 Å². The van der Waals surface area contributed by atoms with Crippen LogP contribution in [0.1, 0.15) is 64.0 Å². The molecule has 0 amide bonds. The Morgan fingerprint density at radius 1 is 1.00 bits per heavy atom. The van der Waals surface area contributed by atoms with Crippen LogP contribution < -0.4 is 5.32 Å². The zero-order valence-corrected chi connectivity index (χ0v) is 12.4. The van der Waals surface area contributed by atoms with Gasteiger partial charge in [-0.3, -0.25) is 0 Å². The van der Waals surface area contributed by atoms with Gasteiger partial charge in [-0.2, -0.15) is 0 Å². The number of rotatable bonds is 4. The molecule has 1 N–H and O–H groups in total. The molecule has 3 rings (SSSR count). The molecule has 1 aromatic rings. The van der Waals surface area contributed by atoms with Crippen LogP contribution in [0.5, 0.6) is 0 Å². The van der Waals surface area contributed by atoms with Crippen LogP contribution in [0.25, 0.3) is 0 Å². The highest BCUT2D eigenvalue weighted by Gasteiger charge is 2.35. The lowest BCUT2D eigenvalue weighted by molar-refractivity contribution is 0.195. The molecule has 2 saturated carbocycles. The van der Waals surface area contributed by atoms with Gasteiger partial charge >= 0.3 is 0 Å². The summed E-state index contributed by atoms with van der Waals surface area (Å²) in [5.41, 5.74) is 2.06.